The van der Waals surface area contributed by atoms with Crippen LogP contribution in [0, 0.1) is 13.8 Å². The van der Waals surface area contributed by atoms with Gasteiger partial charge in [-0.25, -0.2) is 0 Å². The summed E-state index contributed by atoms with van der Waals surface area (Å²) in [7, 11) is 0. The quantitative estimate of drug-likeness (QED) is 0.566. The SMILES string of the molecule is CCc1ccccc1NC(=O)CCC(=O)OCC(=O)Nc1ccc(Br)c(C)c1C. The topological polar surface area (TPSA) is 84.5 Å². The minimum atomic E-state index is -0.595. The summed E-state index contributed by atoms with van der Waals surface area (Å²) in [5.74, 6) is -1.29. The van der Waals surface area contributed by atoms with Crippen LogP contribution in [-0.2, 0) is 25.5 Å². The highest BCUT2D eigenvalue weighted by molar-refractivity contribution is 9.10. The zero-order valence-corrected chi connectivity index (χ0v) is 18.4. The minimum Gasteiger partial charge on any atom is -0.456 e. The van der Waals surface area contributed by atoms with Gasteiger partial charge in [0, 0.05) is 22.3 Å². The highest BCUT2D eigenvalue weighted by Gasteiger charge is 2.13. The lowest BCUT2D eigenvalue weighted by Crippen LogP contribution is -2.22. The molecule has 0 saturated carbocycles. The van der Waals surface area contributed by atoms with Gasteiger partial charge in [0.2, 0.25) is 5.91 Å². The van der Waals surface area contributed by atoms with Crippen molar-refractivity contribution in [3.05, 3.63) is 57.6 Å². The van der Waals surface area contributed by atoms with Crippen molar-refractivity contribution in [3.63, 3.8) is 0 Å². The number of anilines is 2. The summed E-state index contributed by atoms with van der Waals surface area (Å²) >= 11 is 3.44. The Balaban J connectivity index is 1.76. The number of carbonyl (C=O) groups is 3. The van der Waals surface area contributed by atoms with E-state index in [1.54, 1.807) is 6.07 Å². The molecule has 154 valence electrons. The van der Waals surface area contributed by atoms with Crippen molar-refractivity contribution >= 4 is 45.1 Å². The molecule has 2 aromatic rings. The fraction of sp³-hybridized carbons (Fsp3) is 0.318. The van der Waals surface area contributed by atoms with Gasteiger partial charge in [-0.1, -0.05) is 41.1 Å². The van der Waals surface area contributed by atoms with E-state index in [2.05, 4.69) is 26.6 Å². The van der Waals surface area contributed by atoms with Crippen LogP contribution in [0.2, 0.25) is 0 Å². The van der Waals surface area contributed by atoms with E-state index in [9.17, 15) is 14.4 Å². The fourth-order valence-corrected chi connectivity index (χ4v) is 3.14. The van der Waals surface area contributed by atoms with E-state index < -0.39 is 18.5 Å². The molecular formula is C22H25BrN2O4. The smallest absolute Gasteiger partial charge is 0.306 e. The second-order valence-electron chi connectivity index (χ2n) is 6.61. The summed E-state index contributed by atoms with van der Waals surface area (Å²) in [6.07, 6.45) is 0.693. The van der Waals surface area contributed by atoms with Crippen molar-refractivity contribution in [2.24, 2.45) is 0 Å². The zero-order valence-electron chi connectivity index (χ0n) is 16.8. The van der Waals surface area contributed by atoms with Crippen LogP contribution in [0.4, 0.5) is 11.4 Å². The van der Waals surface area contributed by atoms with Crippen LogP contribution in [0.1, 0.15) is 36.5 Å². The molecule has 2 amide bonds. The number of hydrogen-bond acceptors (Lipinski definition) is 4. The summed E-state index contributed by atoms with van der Waals surface area (Å²) in [5.41, 5.74) is 4.39. The first-order valence-electron chi connectivity index (χ1n) is 9.40. The van der Waals surface area contributed by atoms with Crippen LogP contribution in [-0.4, -0.2) is 24.4 Å². The molecule has 2 rings (SSSR count). The molecule has 0 radical (unpaired) electrons. The molecule has 0 atom stereocenters. The largest absolute Gasteiger partial charge is 0.456 e. The molecule has 6 nitrogen and oxygen atoms in total. The van der Waals surface area contributed by atoms with Gasteiger partial charge in [0.1, 0.15) is 0 Å². The molecule has 29 heavy (non-hydrogen) atoms. The number of carbonyl (C=O) groups excluding carboxylic acids is 3. The number of aryl methyl sites for hydroxylation is 1. The van der Waals surface area contributed by atoms with Crippen molar-refractivity contribution in [1.82, 2.24) is 0 Å². The summed E-state index contributed by atoms with van der Waals surface area (Å²) in [6, 6.07) is 11.1. The Hall–Kier alpha value is -2.67. The Bertz CT molecular complexity index is 912. The third kappa shape index (κ3) is 6.71. The first-order chi connectivity index (χ1) is 13.8. The van der Waals surface area contributed by atoms with E-state index in [4.69, 9.17) is 4.74 Å². The number of halogens is 1. The summed E-state index contributed by atoms with van der Waals surface area (Å²) in [5, 5.41) is 5.53. The summed E-state index contributed by atoms with van der Waals surface area (Å²) in [4.78, 5) is 36.0. The number of amides is 2. The van der Waals surface area contributed by atoms with Gasteiger partial charge in [0.05, 0.1) is 6.42 Å². The summed E-state index contributed by atoms with van der Waals surface area (Å²) < 4.78 is 5.93. The monoisotopic (exact) mass is 460 g/mol. The van der Waals surface area contributed by atoms with Gasteiger partial charge in [-0.05, 0) is 55.2 Å². The Morgan fingerprint density at radius 3 is 2.31 bits per heavy atom. The second-order valence-corrected chi connectivity index (χ2v) is 7.47. The Kier molecular flexibility index (Phi) is 8.39. The van der Waals surface area contributed by atoms with Crippen molar-refractivity contribution in [2.45, 2.75) is 40.0 Å². The molecule has 0 unspecified atom stereocenters. The number of esters is 1. The molecule has 7 heteroatoms. The molecule has 0 aromatic heterocycles. The number of hydrogen-bond donors (Lipinski definition) is 2. The van der Waals surface area contributed by atoms with E-state index in [-0.39, 0.29) is 18.7 Å². The molecule has 0 fully saturated rings. The molecule has 0 saturated heterocycles. The molecule has 2 N–H and O–H groups in total. The first kappa shape index (κ1) is 22.6. The van der Waals surface area contributed by atoms with Crippen LogP contribution in [0.15, 0.2) is 40.9 Å². The maximum atomic E-state index is 12.1. The van der Waals surface area contributed by atoms with Gasteiger partial charge in [-0.15, -0.1) is 0 Å². The van der Waals surface area contributed by atoms with Crippen LogP contribution in [0.3, 0.4) is 0 Å². The van der Waals surface area contributed by atoms with Crippen LogP contribution >= 0.6 is 15.9 Å². The third-order valence-corrected chi connectivity index (χ3v) is 5.45. The Morgan fingerprint density at radius 1 is 0.897 bits per heavy atom. The van der Waals surface area contributed by atoms with Crippen LogP contribution < -0.4 is 10.6 Å². The van der Waals surface area contributed by atoms with Gasteiger partial charge >= 0.3 is 5.97 Å². The maximum absolute atomic E-state index is 12.1. The van der Waals surface area contributed by atoms with E-state index in [1.807, 2.05) is 51.1 Å². The van der Waals surface area contributed by atoms with Gasteiger partial charge in [0.25, 0.3) is 5.91 Å². The van der Waals surface area contributed by atoms with E-state index in [1.165, 1.54) is 0 Å². The predicted molar refractivity (Wildman–Crippen MR) is 117 cm³/mol. The fourth-order valence-electron chi connectivity index (χ4n) is 2.71. The van der Waals surface area contributed by atoms with Crippen molar-refractivity contribution < 1.29 is 19.1 Å². The van der Waals surface area contributed by atoms with Crippen molar-refractivity contribution in [2.75, 3.05) is 17.2 Å². The lowest BCUT2D eigenvalue weighted by molar-refractivity contribution is -0.147. The van der Waals surface area contributed by atoms with Crippen LogP contribution in [0.5, 0.6) is 0 Å². The molecule has 0 aliphatic heterocycles. The van der Waals surface area contributed by atoms with Gasteiger partial charge in [-0.2, -0.15) is 0 Å². The second kappa shape index (κ2) is 10.8. The van der Waals surface area contributed by atoms with Gasteiger partial charge < -0.3 is 15.4 Å². The normalized spacial score (nSPS) is 10.3. The lowest BCUT2D eigenvalue weighted by Gasteiger charge is -2.12. The molecule has 0 aliphatic rings. The molecule has 0 aliphatic carbocycles. The van der Waals surface area contributed by atoms with Crippen LogP contribution in [0.25, 0.3) is 0 Å². The van der Waals surface area contributed by atoms with Crippen molar-refractivity contribution in [3.8, 4) is 0 Å². The third-order valence-electron chi connectivity index (χ3n) is 4.59. The lowest BCUT2D eigenvalue weighted by atomic mass is 10.1. The minimum absolute atomic E-state index is 0.0104. The molecular weight excluding hydrogens is 436 g/mol. The number of ether oxygens (including phenoxy) is 1. The number of benzene rings is 2. The average molecular weight is 461 g/mol. The molecule has 0 spiro atoms. The molecule has 0 bridgehead atoms. The Labute approximate surface area is 179 Å². The Morgan fingerprint density at radius 2 is 1.59 bits per heavy atom. The predicted octanol–water partition coefficient (Wildman–Crippen LogP) is 4.53. The zero-order chi connectivity index (χ0) is 21.4. The molecule has 2 aromatic carbocycles. The van der Waals surface area contributed by atoms with Gasteiger partial charge in [-0.3, -0.25) is 14.4 Å². The number of nitrogens with one attached hydrogen (secondary N) is 2. The average Bonchev–Trinajstić information content (AvgIpc) is 2.71. The highest BCUT2D eigenvalue weighted by atomic mass is 79.9. The highest BCUT2D eigenvalue weighted by Crippen LogP contribution is 2.25. The van der Waals surface area contributed by atoms with Gasteiger partial charge in [0.15, 0.2) is 6.61 Å². The number of para-hydroxylation sites is 1. The molecule has 0 heterocycles. The maximum Gasteiger partial charge on any atom is 0.306 e. The summed E-state index contributed by atoms with van der Waals surface area (Å²) in [6.45, 7) is 5.45. The van der Waals surface area contributed by atoms with E-state index in [0.717, 1.165) is 33.3 Å². The standard InChI is InChI=1S/C22H25BrN2O4/c1-4-16-7-5-6-8-19(16)25-20(26)11-12-22(28)29-13-21(27)24-18-10-9-17(23)14(2)15(18)3/h5-10H,4,11-13H2,1-3H3,(H,24,27)(H,25,26). The van der Waals surface area contributed by atoms with E-state index >= 15 is 0 Å². The van der Waals surface area contributed by atoms with E-state index in [0.29, 0.717) is 5.69 Å². The first-order valence-corrected chi connectivity index (χ1v) is 10.2. The number of rotatable bonds is 8. The van der Waals surface area contributed by atoms with Crippen molar-refractivity contribution in [1.29, 1.82) is 0 Å².